The largest absolute Gasteiger partial charge is 0.466 e. The summed E-state index contributed by atoms with van der Waals surface area (Å²) in [6.45, 7) is -4.29. The maximum absolute atomic E-state index is 11.1. The third-order valence-corrected chi connectivity index (χ3v) is 0.522. The first-order chi connectivity index (χ1) is 6.10. The summed E-state index contributed by atoms with van der Waals surface area (Å²) in [6.07, 6.45) is 0. The molecular formula is C6H12O2. The van der Waals surface area contributed by atoms with Gasteiger partial charge in [0.2, 0.25) is 0 Å². The summed E-state index contributed by atoms with van der Waals surface area (Å²) in [4.78, 5) is 11.1. The summed E-state index contributed by atoms with van der Waals surface area (Å²) in [5.41, 5.74) is 0. The molecule has 0 amide bonds. The van der Waals surface area contributed by atoms with Crippen LogP contribution in [-0.2, 0) is 9.53 Å². The van der Waals surface area contributed by atoms with Gasteiger partial charge in [-0.2, -0.15) is 0 Å². The molecule has 8 heavy (non-hydrogen) atoms. The highest BCUT2D eigenvalue weighted by Crippen LogP contribution is 1.93. The molecule has 0 aliphatic rings. The van der Waals surface area contributed by atoms with Crippen molar-refractivity contribution >= 4 is 5.97 Å². The fraction of sp³-hybridized carbons (Fsp3) is 0.833. The second-order valence-corrected chi connectivity index (χ2v) is 1.19. The zero-order chi connectivity index (χ0) is 11.6. The third kappa shape index (κ3) is 2.61. The number of ether oxygens (including phenoxy) is 1. The van der Waals surface area contributed by atoms with Gasteiger partial charge in [-0.25, -0.2) is 0 Å². The fourth-order valence-corrected chi connectivity index (χ4v) is 0.226. The van der Waals surface area contributed by atoms with Crippen molar-refractivity contribution in [2.45, 2.75) is 20.6 Å². The van der Waals surface area contributed by atoms with Crippen LogP contribution in [-0.4, -0.2) is 12.6 Å². The monoisotopic (exact) mass is 122 g/mol. The van der Waals surface area contributed by atoms with Gasteiger partial charge in [0.1, 0.15) is 0 Å². The van der Waals surface area contributed by atoms with Crippen LogP contribution < -0.4 is 0 Å². The number of hydrogen-bond acceptors (Lipinski definition) is 2. The van der Waals surface area contributed by atoms with Gasteiger partial charge in [0.25, 0.3) is 0 Å². The van der Waals surface area contributed by atoms with Gasteiger partial charge < -0.3 is 4.74 Å². The Morgan fingerprint density at radius 1 is 1.88 bits per heavy atom. The van der Waals surface area contributed by atoms with Gasteiger partial charge in [0, 0.05) is 8.22 Å². The van der Waals surface area contributed by atoms with Crippen LogP contribution >= 0.6 is 0 Å². The average molecular weight is 122 g/mol. The lowest BCUT2D eigenvalue weighted by atomic mass is 10.2. The molecular weight excluding hydrogens is 104 g/mol. The average Bonchev–Trinajstić information content (AvgIpc) is 1.78. The Labute approximate surface area is 58.3 Å². The van der Waals surface area contributed by atoms with Crippen molar-refractivity contribution < 1.29 is 17.8 Å². The molecule has 0 aromatic heterocycles. The van der Waals surface area contributed by atoms with Crippen LogP contribution in [0.1, 0.15) is 28.9 Å². The van der Waals surface area contributed by atoms with E-state index in [0.717, 1.165) is 0 Å². The van der Waals surface area contributed by atoms with Crippen LogP contribution in [0.15, 0.2) is 0 Å². The third-order valence-electron chi connectivity index (χ3n) is 0.522. The summed E-state index contributed by atoms with van der Waals surface area (Å²) in [6, 6.07) is 0. The highest BCUT2D eigenvalue weighted by atomic mass is 16.5. The molecule has 2 nitrogen and oxygen atoms in total. The first-order valence-corrected chi connectivity index (χ1v) is 2.27. The summed E-state index contributed by atoms with van der Waals surface area (Å²) >= 11 is 0. The molecule has 2 heteroatoms. The molecule has 0 fully saturated rings. The molecule has 0 aromatic carbocycles. The van der Waals surface area contributed by atoms with E-state index in [9.17, 15) is 4.79 Å². The SMILES string of the molecule is [2H]C([2H])([2H])C(C(=O)OCC)C([2H])([2H])[2H]. The Morgan fingerprint density at radius 3 is 2.88 bits per heavy atom. The van der Waals surface area contributed by atoms with Gasteiger partial charge in [0.15, 0.2) is 0 Å². The lowest BCUT2D eigenvalue weighted by Crippen LogP contribution is -2.10. The Kier molecular flexibility index (Phi) is 0.872. The summed E-state index contributed by atoms with van der Waals surface area (Å²) in [5.74, 6) is -3.26. The van der Waals surface area contributed by atoms with Crippen molar-refractivity contribution in [2.24, 2.45) is 5.92 Å². The molecule has 0 radical (unpaired) electrons. The van der Waals surface area contributed by atoms with E-state index in [0.29, 0.717) is 0 Å². The zero-order valence-electron chi connectivity index (χ0n) is 10.6. The van der Waals surface area contributed by atoms with E-state index in [2.05, 4.69) is 4.74 Å². The molecule has 48 valence electrons. The van der Waals surface area contributed by atoms with E-state index < -0.39 is 25.6 Å². The van der Waals surface area contributed by atoms with Crippen molar-refractivity contribution in [3.8, 4) is 0 Å². The molecule has 0 bridgehead atoms. The number of hydrogen-bond donors (Lipinski definition) is 0. The van der Waals surface area contributed by atoms with Crippen molar-refractivity contribution in [1.82, 2.24) is 0 Å². The van der Waals surface area contributed by atoms with Crippen LogP contribution in [0.2, 0.25) is 0 Å². The topological polar surface area (TPSA) is 26.3 Å². The highest BCUT2D eigenvalue weighted by Gasteiger charge is 2.04. The van der Waals surface area contributed by atoms with Gasteiger partial charge in [-0.1, -0.05) is 13.7 Å². The maximum atomic E-state index is 11.1. The smallest absolute Gasteiger partial charge is 0.308 e. The molecule has 0 aromatic rings. The first kappa shape index (κ1) is 2.01. The van der Waals surface area contributed by atoms with E-state index in [-0.39, 0.29) is 6.61 Å². The molecule has 0 N–H and O–H groups in total. The van der Waals surface area contributed by atoms with Crippen molar-refractivity contribution in [3.63, 3.8) is 0 Å². The molecule has 0 saturated heterocycles. The molecule has 0 saturated carbocycles. The summed E-state index contributed by atoms with van der Waals surface area (Å²) in [7, 11) is 0. The minimum atomic E-state index is -2.86. The van der Waals surface area contributed by atoms with Gasteiger partial charge in [-0.15, -0.1) is 0 Å². The van der Waals surface area contributed by atoms with E-state index in [4.69, 9.17) is 8.22 Å². The first-order valence-electron chi connectivity index (χ1n) is 5.27. The predicted octanol–water partition coefficient (Wildman–Crippen LogP) is 1.21. The Morgan fingerprint density at radius 2 is 2.50 bits per heavy atom. The summed E-state index contributed by atoms with van der Waals surface area (Å²) in [5, 5.41) is 0. The molecule has 0 atom stereocenters. The lowest BCUT2D eigenvalue weighted by Gasteiger charge is -2.01. The highest BCUT2D eigenvalue weighted by molar-refractivity contribution is 5.71. The van der Waals surface area contributed by atoms with Gasteiger partial charge in [-0.3, -0.25) is 4.79 Å². The second-order valence-electron chi connectivity index (χ2n) is 1.19. The van der Waals surface area contributed by atoms with Crippen molar-refractivity contribution in [2.75, 3.05) is 6.61 Å². The summed E-state index contributed by atoms with van der Waals surface area (Å²) < 4.78 is 46.0. The van der Waals surface area contributed by atoms with Crippen LogP contribution in [0.25, 0.3) is 0 Å². The van der Waals surface area contributed by atoms with Gasteiger partial charge >= 0.3 is 5.97 Å². The van der Waals surface area contributed by atoms with E-state index in [1.54, 1.807) is 0 Å². The van der Waals surface area contributed by atoms with Gasteiger partial charge in [-0.05, 0) is 6.92 Å². The molecule has 0 rings (SSSR count). The van der Waals surface area contributed by atoms with Crippen LogP contribution in [0, 0.1) is 5.92 Å². The Hall–Kier alpha value is -0.530. The van der Waals surface area contributed by atoms with Crippen molar-refractivity contribution in [3.05, 3.63) is 0 Å². The minimum absolute atomic E-state index is 0.0402. The van der Waals surface area contributed by atoms with E-state index >= 15 is 0 Å². The van der Waals surface area contributed by atoms with Crippen LogP contribution in [0.5, 0.6) is 0 Å². The number of carbonyl (C=O) groups is 1. The van der Waals surface area contributed by atoms with Crippen molar-refractivity contribution in [1.29, 1.82) is 0 Å². The van der Waals surface area contributed by atoms with Crippen LogP contribution in [0.4, 0.5) is 0 Å². The molecule has 0 spiro atoms. The van der Waals surface area contributed by atoms with Crippen LogP contribution in [0.3, 0.4) is 0 Å². The van der Waals surface area contributed by atoms with E-state index in [1.807, 2.05) is 0 Å². The molecule has 0 aliphatic carbocycles. The Balaban J connectivity index is 4.84. The maximum Gasteiger partial charge on any atom is 0.308 e. The molecule has 0 heterocycles. The number of esters is 1. The molecule has 0 unspecified atom stereocenters. The minimum Gasteiger partial charge on any atom is -0.466 e. The van der Waals surface area contributed by atoms with Gasteiger partial charge in [0.05, 0.1) is 12.5 Å². The fourth-order valence-electron chi connectivity index (χ4n) is 0.226. The number of rotatable bonds is 2. The standard InChI is InChI=1S/C6H12O2/c1-4-8-6(7)5(2)3/h5H,4H2,1-3H3/i2D3,3D3. The lowest BCUT2D eigenvalue weighted by molar-refractivity contribution is -0.146. The Bertz CT molecular complexity index is 191. The zero-order valence-corrected chi connectivity index (χ0v) is 4.60. The normalized spacial score (nSPS) is 23.8. The number of carbonyl (C=O) groups excluding carboxylic acids is 1. The predicted molar refractivity (Wildman–Crippen MR) is 31.5 cm³/mol. The second kappa shape index (κ2) is 3.47. The quantitative estimate of drug-likeness (QED) is 0.514. The van der Waals surface area contributed by atoms with E-state index in [1.165, 1.54) is 6.92 Å². The molecule has 0 aliphatic heterocycles.